The van der Waals surface area contributed by atoms with E-state index in [4.69, 9.17) is 4.74 Å². The maximum atomic E-state index is 12.6. The third-order valence-electron chi connectivity index (χ3n) is 5.43. The van der Waals surface area contributed by atoms with E-state index in [1.807, 2.05) is 11.8 Å². The van der Waals surface area contributed by atoms with E-state index in [1.165, 1.54) is 0 Å². The summed E-state index contributed by atoms with van der Waals surface area (Å²) in [5.74, 6) is 1.01. The Bertz CT molecular complexity index is 537. The Balaban J connectivity index is 1.48. The highest BCUT2D eigenvalue weighted by Crippen LogP contribution is 2.27. The summed E-state index contributed by atoms with van der Waals surface area (Å²) < 4.78 is 5.24. The number of aryl methyl sites for hydroxylation is 1. The molecule has 24 heavy (non-hydrogen) atoms. The minimum atomic E-state index is 0.0992. The van der Waals surface area contributed by atoms with Crippen molar-refractivity contribution in [3.8, 4) is 0 Å². The van der Waals surface area contributed by atoms with E-state index < -0.39 is 0 Å². The molecule has 1 atom stereocenters. The van der Waals surface area contributed by atoms with Crippen LogP contribution in [0.15, 0.2) is 6.07 Å². The molecule has 1 aliphatic carbocycles. The first kappa shape index (κ1) is 17.3. The maximum Gasteiger partial charge on any atom is 0.317 e. The number of nitrogens with zero attached hydrogens (tertiary/aromatic N) is 2. The third-order valence-corrected chi connectivity index (χ3v) is 5.43. The Morgan fingerprint density at radius 1 is 1.38 bits per heavy atom. The largest absolute Gasteiger partial charge is 0.384 e. The Kier molecular flexibility index (Phi) is 5.76. The van der Waals surface area contributed by atoms with Gasteiger partial charge in [0, 0.05) is 44.5 Å². The molecule has 0 bridgehead atoms. The van der Waals surface area contributed by atoms with Crippen LogP contribution in [0.5, 0.6) is 0 Å². The van der Waals surface area contributed by atoms with Crippen molar-refractivity contribution in [2.75, 3.05) is 26.8 Å². The lowest BCUT2D eigenvalue weighted by molar-refractivity contribution is 0.122. The van der Waals surface area contributed by atoms with Crippen molar-refractivity contribution < 1.29 is 9.53 Å². The van der Waals surface area contributed by atoms with Crippen molar-refractivity contribution in [1.82, 2.24) is 20.4 Å². The first-order chi connectivity index (χ1) is 11.7. The molecule has 1 aromatic heterocycles. The Labute approximate surface area is 144 Å². The molecule has 1 saturated heterocycles. The first-order valence-corrected chi connectivity index (χ1v) is 9.22. The van der Waals surface area contributed by atoms with Crippen LogP contribution in [-0.2, 0) is 4.74 Å². The predicted molar refractivity (Wildman–Crippen MR) is 93.0 cm³/mol. The summed E-state index contributed by atoms with van der Waals surface area (Å²) in [6.07, 6.45) is 6.58. The number of hydrogen-bond acceptors (Lipinski definition) is 3. The molecular formula is C18H30N4O2. The molecule has 2 amide bonds. The van der Waals surface area contributed by atoms with Gasteiger partial charge in [0.1, 0.15) is 0 Å². The van der Waals surface area contributed by atoms with E-state index in [0.717, 1.165) is 69.6 Å². The summed E-state index contributed by atoms with van der Waals surface area (Å²) >= 11 is 0. The monoisotopic (exact) mass is 334 g/mol. The molecular weight excluding hydrogens is 304 g/mol. The van der Waals surface area contributed by atoms with E-state index in [-0.39, 0.29) is 6.03 Å². The summed E-state index contributed by atoms with van der Waals surface area (Å²) in [5.41, 5.74) is 2.17. The molecule has 0 spiro atoms. The average Bonchev–Trinajstić information content (AvgIpc) is 3.03. The number of H-pyrrole nitrogens is 1. The lowest BCUT2D eigenvalue weighted by atomic mass is 9.86. The topological polar surface area (TPSA) is 70.2 Å². The normalized spacial score (nSPS) is 27.9. The number of urea groups is 1. The first-order valence-electron chi connectivity index (χ1n) is 9.22. The van der Waals surface area contributed by atoms with Gasteiger partial charge in [0.25, 0.3) is 0 Å². The minimum absolute atomic E-state index is 0.0992. The number of methoxy groups -OCH3 is 1. The number of carbonyl (C=O) groups is 1. The lowest BCUT2D eigenvalue weighted by Crippen LogP contribution is -2.49. The second-order valence-electron chi connectivity index (χ2n) is 7.38. The molecule has 2 heterocycles. The second kappa shape index (κ2) is 8.01. The van der Waals surface area contributed by atoms with E-state index in [1.54, 1.807) is 7.11 Å². The van der Waals surface area contributed by atoms with Crippen molar-refractivity contribution >= 4 is 6.03 Å². The van der Waals surface area contributed by atoms with Crippen LogP contribution in [0.25, 0.3) is 0 Å². The highest BCUT2D eigenvalue weighted by Gasteiger charge is 2.28. The molecule has 6 nitrogen and oxygen atoms in total. The standard InChI is InChI=1S/C18H30N4O2/c1-13-10-17(21-20-13)15-4-3-9-22(11-15)18(23)19-16-7-5-14(6-8-16)12-24-2/h10,14-16H,3-9,11-12H2,1-2H3,(H,19,23)(H,20,21). The van der Waals surface area contributed by atoms with Gasteiger partial charge in [-0.25, -0.2) is 4.79 Å². The summed E-state index contributed by atoms with van der Waals surface area (Å²) in [4.78, 5) is 14.6. The number of aromatic amines is 1. The molecule has 3 rings (SSSR count). The number of rotatable bonds is 4. The number of amides is 2. The zero-order valence-corrected chi connectivity index (χ0v) is 14.9. The van der Waals surface area contributed by atoms with Crippen molar-refractivity contribution in [1.29, 1.82) is 0 Å². The minimum Gasteiger partial charge on any atom is -0.384 e. The molecule has 2 aliphatic rings. The number of likely N-dealkylation sites (tertiary alicyclic amines) is 1. The van der Waals surface area contributed by atoms with Gasteiger partial charge in [-0.2, -0.15) is 5.10 Å². The van der Waals surface area contributed by atoms with Crippen molar-refractivity contribution in [3.05, 3.63) is 17.5 Å². The lowest BCUT2D eigenvalue weighted by Gasteiger charge is -2.35. The van der Waals surface area contributed by atoms with Gasteiger partial charge in [-0.1, -0.05) is 0 Å². The molecule has 0 aromatic carbocycles. The van der Waals surface area contributed by atoms with Crippen molar-refractivity contribution in [2.24, 2.45) is 5.92 Å². The third kappa shape index (κ3) is 4.29. The van der Waals surface area contributed by atoms with Crippen LogP contribution < -0.4 is 5.32 Å². The molecule has 1 unspecified atom stereocenters. The highest BCUT2D eigenvalue weighted by atomic mass is 16.5. The second-order valence-corrected chi connectivity index (χ2v) is 7.38. The Hall–Kier alpha value is -1.56. The molecule has 1 saturated carbocycles. The summed E-state index contributed by atoms with van der Waals surface area (Å²) in [5, 5.41) is 10.6. The average molecular weight is 334 g/mol. The highest BCUT2D eigenvalue weighted by molar-refractivity contribution is 5.74. The Morgan fingerprint density at radius 2 is 2.17 bits per heavy atom. The summed E-state index contributed by atoms with van der Waals surface area (Å²) in [7, 11) is 1.77. The van der Waals surface area contributed by atoms with Crippen LogP contribution in [0, 0.1) is 12.8 Å². The van der Waals surface area contributed by atoms with Crippen molar-refractivity contribution in [2.45, 2.75) is 57.4 Å². The van der Waals surface area contributed by atoms with Gasteiger partial charge in [-0.3, -0.25) is 5.10 Å². The van der Waals surface area contributed by atoms with E-state index >= 15 is 0 Å². The fourth-order valence-electron chi connectivity index (χ4n) is 4.03. The molecule has 1 aromatic rings. The van der Waals surface area contributed by atoms with E-state index in [0.29, 0.717) is 17.9 Å². The summed E-state index contributed by atoms with van der Waals surface area (Å²) in [6, 6.07) is 2.52. The number of hydrogen-bond donors (Lipinski definition) is 2. The van der Waals surface area contributed by atoms with E-state index in [2.05, 4.69) is 21.6 Å². The molecule has 1 aliphatic heterocycles. The van der Waals surface area contributed by atoms with Crippen LogP contribution in [0.2, 0.25) is 0 Å². The number of ether oxygens (including phenoxy) is 1. The number of nitrogens with one attached hydrogen (secondary N) is 2. The molecule has 134 valence electrons. The van der Waals surface area contributed by atoms with Gasteiger partial charge >= 0.3 is 6.03 Å². The van der Waals surface area contributed by atoms with Crippen molar-refractivity contribution in [3.63, 3.8) is 0 Å². The van der Waals surface area contributed by atoms with Gasteiger partial charge in [0.2, 0.25) is 0 Å². The van der Waals surface area contributed by atoms with E-state index in [9.17, 15) is 4.79 Å². The molecule has 0 radical (unpaired) electrons. The van der Waals surface area contributed by atoms with Gasteiger partial charge in [-0.15, -0.1) is 0 Å². The molecule has 6 heteroatoms. The smallest absolute Gasteiger partial charge is 0.317 e. The SMILES string of the molecule is COCC1CCC(NC(=O)N2CCCC(c3cc(C)[nH]n3)C2)CC1. The van der Waals surface area contributed by atoms with Gasteiger partial charge in [0.15, 0.2) is 0 Å². The quantitative estimate of drug-likeness (QED) is 0.889. The molecule has 2 fully saturated rings. The molecule has 2 N–H and O–H groups in total. The fourth-order valence-corrected chi connectivity index (χ4v) is 4.03. The fraction of sp³-hybridized carbons (Fsp3) is 0.778. The maximum absolute atomic E-state index is 12.6. The van der Waals surface area contributed by atoms with Gasteiger partial charge in [0.05, 0.1) is 5.69 Å². The zero-order chi connectivity index (χ0) is 16.9. The summed E-state index contributed by atoms with van der Waals surface area (Å²) in [6.45, 7) is 4.49. The van der Waals surface area contributed by atoms with Crippen LogP contribution in [0.1, 0.15) is 55.8 Å². The number of piperidine rings is 1. The number of carbonyl (C=O) groups excluding carboxylic acids is 1. The van der Waals surface area contributed by atoms with Gasteiger partial charge in [-0.05, 0) is 57.4 Å². The van der Waals surface area contributed by atoms with Crippen LogP contribution in [0.4, 0.5) is 4.79 Å². The van der Waals surface area contributed by atoms with Gasteiger partial charge < -0.3 is 15.0 Å². The van der Waals surface area contributed by atoms with Crippen LogP contribution >= 0.6 is 0 Å². The zero-order valence-electron chi connectivity index (χ0n) is 14.9. The Morgan fingerprint density at radius 3 is 2.83 bits per heavy atom. The van der Waals surface area contributed by atoms with Crippen LogP contribution in [0.3, 0.4) is 0 Å². The number of aromatic nitrogens is 2. The van der Waals surface area contributed by atoms with Crippen LogP contribution in [-0.4, -0.2) is 54.0 Å². The predicted octanol–water partition coefficient (Wildman–Crippen LogP) is 2.81.